The third kappa shape index (κ3) is 3.75. The van der Waals surface area contributed by atoms with Gasteiger partial charge in [-0.3, -0.25) is 9.67 Å². The molecule has 0 radical (unpaired) electrons. The van der Waals surface area contributed by atoms with E-state index in [1.54, 1.807) is 18.1 Å². The highest BCUT2D eigenvalue weighted by Gasteiger charge is 2.35. The lowest BCUT2D eigenvalue weighted by molar-refractivity contribution is 0.0513. The van der Waals surface area contributed by atoms with Gasteiger partial charge in [-0.1, -0.05) is 6.07 Å². The van der Waals surface area contributed by atoms with E-state index in [0.717, 1.165) is 55.9 Å². The summed E-state index contributed by atoms with van der Waals surface area (Å²) >= 11 is 0. The van der Waals surface area contributed by atoms with Crippen LogP contribution >= 0.6 is 0 Å². The molecule has 9 nitrogen and oxygen atoms in total. The van der Waals surface area contributed by atoms with Gasteiger partial charge in [0.2, 0.25) is 6.79 Å². The molecule has 9 heteroatoms. The number of hydrogen-bond donors (Lipinski definition) is 2. The number of hydrogen-bond acceptors (Lipinski definition) is 6. The third-order valence-electron chi connectivity index (χ3n) is 5.47. The number of rotatable bonds is 5. The molecule has 1 aromatic carbocycles. The van der Waals surface area contributed by atoms with Gasteiger partial charge < -0.3 is 24.8 Å². The Hall–Kier alpha value is -2.81. The molecule has 4 rings (SSSR count). The summed E-state index contributed by atoms with van der Waals surface area (Å²) in [4.78, 5) is 8.58. The lowest BCUT2D eigenvalue weighted by Gasteiger charge is -2.38. The summed E-state index contributed by atoms with van der Waals surface area (Å²) in [5.74, 6) is 3.20. The molecule has 150 valence electrons. The van der Waals surface area contributed by atoms with E-state index in [1.807, 2.05) is 13.1 Å². The Morgan fingerprint density at radius 1 is 1.21 bits per heavy atom. The summed E-state index contributed by atoms with van der Waals surface area (Å²) < 4.78 is 18.4. The highest BCUT2D eigenvalue weighted by Crippen LogP contribution is 2.40. The average Bonchev–Trinajstić information content (AvgIpc) is 3.37. The number of nitrogens with one attached hydrogen (secondary N) is 2. The van der Waals surface area contributed by atoms with Crippen LogP contribution in [0.3, 0.4) is 0 Å². The normalized spacial score (nSPS) is 18.1. The SMILES string of the molecule is CN=C(NCc1ncnn1C)NCC1(c2ccc3c(c2)OCO3)CCOCC1. The fraction of sp³-hybridized carbons (Fsp3) is 0.526. The first-order chi connectivity index (χ1) is 13.7. The fourth-order valence-corrected chi connectivity index (χ4v) is 3.67. The van der Waals surface area contributed by atoms with Gasteiger partial charge >= 0.3 is 0 Å². The highest BCUT2D eigenvalue weighted by molar-refractivity contribution is 5.79. The summed E-state index contributed by atoms with van der Waals surface area (Å²) in [6, 6.07) is 6.23. The molecule has 3 heterocycles. The number of guanidine groups is 1. The van der Waals surface area contributed by atoms with E-state index in [0.29, 0.717) is 6.54 Å². The van der Waals surface area contributed by atoms with Crippen LogP contribution in [0.4, 0.5) is 0 Å². The first-order valence-electron chi connectivity index (χ1n) is 9.45. The Balaban J connectivity index is 1.46. The molecule has 28 heavy (non-hydrogen) atoms. The number of nitrogens with zero attached hydrogens (tertiary/aromatic N) is 4. The number of aryl methyl sites for hydroxylation is 1. The number of fused-ring (bicyclic) bond motifs is 1. The average molecular weight is 386 g/mol. The number of ether oxygens (including phenoxy) is 3. The van der Waals surface area contributed by atoms with Gasteiger partial charge in [0, 0.05) is 39.3 Å². The van der Waals surface area contributed by atoms with E-state index in [9.17, 15) is 0 Å². The smallest absolute Gasteiger partial charge is 0.231 e. The zero-order valence-electron chi connectivity index (χ0n) is 16.3. The van der Waals surface area contributed by atoms with E-state index < -0.39 is 0 Å². The second-order valence-electron chi connectivity index (χ2n) is 7.04. The molecular weight excluding hydrogens is 360 g/mol. The molecule has 2 N–H and O–H groups in total. The van der Waals surface area contributed by atoms with Gasteiger partial charge in [0.1, 0.15) is 12.2 Å². The topological polar surface area (TPSA) is 94.8 Å². The minimum absolute atomic E-state index is 0.0539. The van der Waals surface area contributed by atoms with Crippen molar-refractivity contribution >= 4 is 5.96 Å². The second-order valence-corrected chi connectivity index (χ2v) is 7.04. The van der Waals surface area contributed by atoms with Crippen LogP contribution in [-0.4, -0.2) is 54.3 Å². The standard InChI is InChI=1S/C19H26N6O3/c1-20-18(21-10-17-23-12-24-25(17)2)22-11-19(5-7-26-8-6-19)14-3-4-15-16(9-14)28-13-27-15/h3-4,9,12H,5-8,10-11,13H2,1-2H3,(H2,20,21,22). The minimum Gasteiger partial charge on any atom is -0.454 e. The zero-order valence-corrected chi connectivity index (χ0v) is 16.3. The molecule has 0 amide bonds. The Morgan fingerprint density at radius 2 is 2.04 bits per heavy atom. The van der Waals surface area contributed by atoms with Crippen molar-refractivity contribution in [3.8, 4) is 11.5 Å². The molecule has 2 aromatic rings. The molecule has 2 aliphatic rings. The third-order valence-corrected chi connectivity index (χ3v) is 5.47. The van der Waals surface area contributed by atoms with Crippen molar-refractivity contribution < 1.29 is 14.2 Å². The summed E-state index contributed by atoms with van der Waals surface area (Å²) in [6.07, 6.45) is 3.41. The number of benzene rings is 1. The summed E-state index contributed by atoms with van der Waals surface area (Å²) in [5.41, 5.74) is 1.18. The molecule has 0 saturated carbocycles. The Kier molecular flexibility index (Phi) is 5.34. The van der Waals surface area contributed by atoms with E-state index in [1.165, 1.54) is 5.56 Å². The van der Waals surface area contributed by atoms with Crippen LogP contribution in [0.15, 0.2) is 29.5 Å². The molecule has 1 aromatic heterocycles. The Labute approximate surface area is 164 Å². The molecule has 0 bridgehead atoms. The molecule has 1 fully saturated rings. The van der Waals surface area contributed by atoms with Gasteiger partial charge in [-0.15, -0.1) is 0 Å². The fourth-order valence-electron chi connectivity index (χ4n) is 3.67. The first kappa shape index (κ1) is 18.5. The molecule has 0 spiro atoms. The van der Waals surface area contributed by atoms with Crippen LogP contribution < -0.4 is 20.1 Å². The number of aliphatic imine (C=N–C) groups is 1. The van der Waals surface area contributed by atoms with Gasteiger partial charge in [0.05, 0.1) is 6.54 Å². The summed E-state index contributed by atoms with van der Waals surface area (Å²) in [6.45, 7) is 3.05. The Bertz CT molecular complexity index is 844. The van der Waals surface area contributed by atoms with Gasteiger partial charge in [0.15, 0.2) is 17.5 Å². The molecule has 2 aliphatic heterocycles. The van der Waals surface area contributed by atoms with Crippen molar-refractivity contribution in [3.05, 3.63) is 35.9 Å². The number of aromatic nitrogens is 3. The van der Waals surface area contributed by atoms with Crippen LogP contribution in [0.25, 0.3) is 0 Å². The van der Waals surface area contributed by atoms with Crippen molar-refractivity contribution in [2.45, 2.75) is 24.8 Å². The van der Waals surface area contributed by atoms with E-state index >= 15 is 0 Å². The second kappa shape index (κ2) is 8.05. The minimum atomic E-state index is -0.0539. The van der Waals surface area contributed by atoms with Gasteiger partial charge in [-0.25, -0.2) is 4.98 Å². The van der Waals surface area contributed by atoms with E-state index in [2.05, 4.69) is 37.8 Å². The molecule has 0 unspecified atom stereocenters. The van der Waals surface area contributed by atoms with Crippen LogP contribution in [0.5, 0.6) is 11.5 Å². The molecule has 0 aliphatic carbocycles. The van der Waals surface area contributed by atoms with Crippen molar-refractivity contribution in [3.63, 3.8) is 0 Å². The monoisotopic (exact) mass is 386 g/mol. The maximum absolute atomic E-state index is 5.63. The quantitative estimate of drug-likeness (QED) is 0.584. The summed E-state index contributed by atoms with van der Waals surface area (Å²) in [7, 11) is 3.64. The van der Waals surface area contributed by atoms with Crippen molar-refractivity contribution in [1.29, 1.82) is 0 Å². The lowest BCUT2D eigenvalue weighted by atomic mass is 9.74. The predicted octanol–water partition coefficient (Wildman–Crippen LogP) is 0.957. The van der Waals surface area contributed by atoms with Gasteiger partial charge in [0.25, 0.3) is 0 Å². The van der Waals surface area contributed by atoms with Crippen LogP contribution in [0.1, 0.15) is 24.2 Å². The van der Waals surface area contributed by atoms with E-state index in [4.69, 9.17) is 14.2 Å². The van der Waals surface area contributed by atoms with Crippen molar-refractivity contribution in [2.24, 2.45) is 12.0 Å². The molecule has 0 atom stereocenters. The Morgan fingerprint density at radius 3 is 2.79 bits per heavy atom. The van der Waals surface area contributed by atoms with Gasteiger partial charge in [-0.2, -0.15) is 5.10 Å². The van der Waals surface area contributed by atoms with Crippen LogP contribution in [-0.2, 0) is 23.7 Å². The van der Waals surface area contributed by atoms with Gasteiger partial charge in [-0.05, 0) is 30.5 Å². The zero-order chi connectivity index (χ0) is 19.4. The largest absolute Gasteiger partial charge is 0.454 e. The van der Waals surface area contributed by atoms with Crippen LogP contribution in [0.2, 0.25) is 0 Å². The van der Waals surface area contributed by atoms with Crippen LogP contribution in [0, 0.1) is 0 Å². The maximum Gasteiger partial charge on any atom is 0.231 e. The molecular formula is C19H26N6O3. The van der Waals surface area contributed by atoms with E-state index in [-0.39, 0.29) is 12.2 Å². The molecule has 1 saturated heterocycles. The van der Waals surface area contributed by atoms with Crippen molar-refractivity contribution in [2.75, 3.05) is 33.6 Å². The predicted molar refractivity (Wildman–Crippen MR) is 104 cm³/mol. The summed E-state index contributed by atoms with van der Waals surface area (Å²) in [5, 5.41) is 10.9. The first-order valence-corrected chi connectivity index (χ1v) is 9.45. The highest BCUT2D eigenvalue weighted by atomic mass is 16.7. The lowest BCUT2D eigenvalue weighted by Crippen LogP contribution is -2.48. The van der Waals surface area contributed by atoms with Crippen molar-refractivity contribution in [1.82, 2.24) is 25.4 Å². The maximum atomic E-state index is 5.63.